The van der Waals surface area contributed by atoms with Gasteiger partial charge in [-0.2, -0.15) is 0 Å². The first kappa shape index (κ1) is 141. The molecule has 0 bridgehead atoms. The first-order valence-electron chi connectivity index (χ1n) is 19.2. The molecule has 0 amide bonds. The summed E-state index contributed by atoms with van der Waals surface area (Å²) in [5.74, 6) is -1.000. The second kappa shape index (κ2) is 63.5. The Labute approximate surface area is 565 Å². The van der Waals surface area contributed by atoms with Crippen LogP contribution in [0.25, 0.3) is 0 Å². The lowest BCUT2D eigenvalue weighted by molar-refractivity contribution is -0.259. The maximum atomic E-state index is 11.5. The highest BCUT2D eigenvalue weighted by atomic mass is 31.3. The van der Waals surface area contributed by atoms with Gasteiger partial charge in [0.25, 0.3) is 93.9 Å². The number of phosphoric acid groups is 12. The third kappa shape index (κ3) is 186. The van der Waals surface area contributed by atoms with Crippen LogP contribution in [0.3, 0.4) is 0 Å². The number of hydrogen-bond acceptors (Lipinski definition) is 36. The standard InChI is InChI=1S/12CH5N3.H12O36P12.6H2O/c12*2-1(3)4;1-37(2)25-38(3,4)27-40(7,8)29-42(11,12)31-44(15,16)33-46(19,20)35-48(23,24)36-47(21,22)34-45(17,18)32-43(13,14)30-41(9,10)28-39(5,6)26-37;;;;;;/h12*(H5,2,3,4);(H,1,2)(H,3,4)(H,5,6)(H,7,8)(H,9,10)(H,11,12)(H,13,14)(H,15,16)(H,17,18)(H,19,20)(H,21,22)(H,23,24);6*1H2. The van der Waals surface area contributed by atoms with E-state index >= 15 is 0 Å². The molecule has 0 saturated carbocycles. The van der Waals surface area contributed by atoms with E-state index < -0.39 is 93.9 Å². The molecule has 0 aromatic rings. The van der Waals surface area contributed by atoms with Crippen LogP contribution in [0.2, 0.25) is 0 Å². The molecule has 1 saturated heterocycles. The van der Waals surface area contributed by atoms with Crippen LogP contribution in [0.15, 0.2) is 0 Å². The van der Waals surface area contributed by atoms with Crippen LogP contribution in [0.1, 0.15) is 0 Å². The van der Waals surface area contributed by atoms with Gasteiger partial charge in [-0.25, -0.2) is 51.7 Å². The molecule has 0 unspecified atom stereocenters. The monoisotopic (exact) mass is 1780 g/mol. The summed E-state index contributed by atoms with van der Waals surface area (Å²) in [7, 11) is -88.9. The van der Waals surface area contributed by atoms with E-state index in [1.165, 1.54) is 0 Å². The average molecular weight is 1780 g/mol. The van der Waals surface area contributed by atoms with Gasteiger partial charge in [-0.15, -0.1) is 0 Å². The molecular formula is C12H84N36O42P12. The second-order valence-corrected chi connectivity index (χ2v) is 30.9. The van der Waals surface area contributed by atoms with Crippen molar-refractivity contribution in [2.24, 2.45) is 138 Å². The summed E-state index contributed by atoms with van der Waals surface area (Å²) in [6, 6.07) is 0. The zero-order valence-electron chi connectivity index (χ0n) is 49.8. The molecule has 0 aromatic carbocycles. The van der Waals surface area contributed by atoms with Crippen molar-refractivity contribution in [1.29, 1.82) is 0 Å². The first-order chi connectivity index (χ1) is 41.3. The maximum Gasteiger partial charge on any atom is 0.336 e. The molecule has 84 N–H and O–H groups in total. The summed E-state index contributed by atoms with van der Waals surface area (Å²) in [5.41, 5.74) is 110. The average Bonchev–Trinajstić information content (AvgIpc) is 0.806. The molecule has 90 heteroatoms. The number of hydrogen-bond donors (Lipinski definition) is 36. The molecule has 1 heterocycles. The van der Waals surface area contributed by atoms with Gasteiger partial charge >= 0.3 is 71.5 Å². The first-order valence-corrected chi connectivity index (χ1v) is 36.7. The molecule has 78 nitrogen and oxygen atoms in total. The third-order valence-corrected chi connectivity index (χ3v) is 21.6. The lowest BCUT2D eigenvalue weighted by Crippen LogP contribution is -2.51. The highest BCUT2D eigenvalue weighted by Crippen LogP contribution is 2.76. The van der Waals surface area contributed by atoms with Gasteiger partial charge in [0.15, 0.2) is 0 Å². The van der Waals surface area contributed by atoms with Crippen molar-refractivity contribution < 1.29 is 263 Å². The van der Waals surface area contributed by atoms with Crippen molar-refractivity contribution in [1.82, 2.24) is 0 Å². The molecule has 0 radical (unpaired) electrons. The predicted octanol–water partition coefficient (Wildman–Crippen LogP) is -46.9. The summed E-state index contributed by atoms with van der Waals surface area (Å²) >= 11 is 0. The maximum absolute atomic E-state index is 11.5. The summed E-state index contributed by atoms with van der Waals surface area (Å²) in [5, 5.41) is 55.0. The third-order valence-electron chi connectivity index (χ3n) is 2.40. The molecule has 0 aliphatic carbocycles. The number of rotatable bonds is 0. The van der Waals surface area contributed by atoms with E-state index in [2.05, 4.69) is 254 Å². The predicted molar refractivity (Wildman–Crippen MR) is 310 cm³/mol. The zero-order valence-corrected chi connectivity index (χ0v) is 60.6. The van der Waals surface area contributed by atoms with Crippen molar-refractivity contribution >= 4 is 165 Å². The molecule has 0 atom stereocenters. The molecule has 0 spiro atoms. The van der Waals surface area contributed by atoms with Crippen LogP contribution in [0.4, 0.5) is 0 Å². The molecule has 1 aliphatic heterocycles. The van der Waals surface area contributed by atoms with Gasteiger partial charge in [0.05, 0.1) is 0 Å². The van der Waals surface area contributed by atoms with E-state index in [1.54, 1.807) is 0 Å². The van der Waals surface area contributed by atoms with E-state index in [1.807, 2.05) is 0 Å². The highest BCUT2D eigenvalue weighted by Gasteiger charge is 2.38. The van der Waals surface area contributed by atoms with Crippen molar-refractivity contribution in [3.8, 4) is 0 Å². The molecule has 102 heavy (non-hydrogen) atoms. The molecule has 1 rings (SSSR count). The van der Waals surface area contributed by atoms with Crippen molar-refractivity contribution in [3.05, 3.63) is 0 Å². The van der Waals surface area contributed by atoms with Crippen molar-refractivity contribution in [2.75, 3.05) is 0 Å². The summed E-state index contributed by atoms with van der Waals surface area (Å²) in [4.78, 5) is 138. The SMILES string of the molecule is NC(N)=[NH2+].NC(N)=[NH2+].NC(N)=[NH2+].NC(N)=[NH2+].NC(N)=[NH2+].NC(N)=[NH2+].NC(N)=[NH2+].NC(N)=[NH2+].NC(N)=[NH2+].NC(N)=[NH2+].NC(N)=[NH2+].NC(N)=[NH2+].O.O.O.O.O.O.O=P1([O-])OP(=O)([O-])OP(=O)([O-])OP(=O)([O-])OP(=O)([O-])OP(=O)([O-])OP(=O)([O-])OP(=O)([O-])OP(=O)([O-])OP(=O)([O-])OP(=O)([O-])OP(=O)([O-])O1. The minimum Gasteiger partial charge on any atom is -0.756 e. The summed E-state index contributed by atoms with van der Waals surface area (Å²) in [6.07, 6.45) is 0. The van der Waals surface area contributed by atoms with Gasteiger partial charge in [0.1, 0.15) is 0 Å². The van der Waals surface area contributed by atoms with Gasteiger partial charge in [-0.05, 0) is 0 Å². The fourth-order valence-electron chi connectivity index (χ4n) is 1.65. The van der Waals surface area contributed by atoms with Crippen molar-refractivity contribution in [2.45, 2.75) is 0 Å². The van der Waals surface area contributed by atoms with Crippen LogP contribution in [-0.4, -0.2) is 104 Å². The van der Waals surface area contributed by atoms with E-state index in [0.717, 1.165) is 0 Å². The topological polar surface area (TPSA) is 1710 Å². The van der Waals surface area contributed by atoms with Gasteiger partial charge in [-0.3, -0.25) is 257 Å². The van der Waals surface area contributed by atoms with Crippen LogP contribution in [-0.2, 0) is 107 Å². The van der Waals surface area contributed by atoms with Gasteiger partial charge in [-0.1, -0.05) is 0 Å². The van der Waals surface area contributed by atoms with E-state index in [-0.39, 0.29) is 104 Å². The van der Waals surface area contributed by atoms with Crippen molar-refractivity contribution in [3.63, 3.8) is 0 Å². The Bertz CT molecular complexity index is 2340. The Kier molecular flexibility index (Phi) is 88.0. The Balaban J connectivity index is -0.0000000660. The summed E-state index contributed by atoms with van der Waals surface area (Å²) < 4.78 is 171. The Morgan fingerprint density at radius 2 is 0.167 bits per heavy atom. The minimum atomic E-state index is -7.41. The minimum absolute atomic E-state index is 0. The van der Waals surface area contributed by atoms with Gasteiger partial charge in [0, 0.05) is 0 Å². The molecule has 1 aliphatic rings. The second-order valence-electron chi connectivity index (χ2n) is 12.3. The van der Waals surface area contributed by atoms with Crippen LogP contribution in [0.5, 0.6) is 0 Å². The normalized spacial score (nSPS) is 28.8. The van der Waals surface area contributed by atoms with E-state index in [4.69, 9.17) is 0 Å². The quantitative estimate of drug-likeness (QED) is 0.0608. The zero-order chi connectivity index (χ0) is 81.4. The van der Waals surface area contributed by atoms with Gasteiger partial charge < -0.3 is 91.6 Å². The fraction of sp³-hybridized carbons (Fsp3) is 0. The lowest BCUT2D eigenvalue weighted by atomic mass is 11.1. The van der Waals surface area contributed by atoms with E-state index in [0.29, 0.717) is 0 Å². The lowest BCUT2D eigenvalue weighted by Gasteiger charge is -2.40. The molecular weight excluding hydrogens is 1690 g/mol. The van der Waals surface area contributed by atoms with E-state index in [9.17, 15) is 114 Å². The van der Waals surface area contributed by atoms with Crippen LogP contribution >= 0.6 is 93.9 Å². The Hall–Kier alpha value is -7.20. The Morgan fingerprint density at radius 1 is 0.147 bits per heavy atom. The highest BCUT2D eigenvalue weighted by molar-refractivity contribution is 7.75. The molecule has 0 aromatic heterocycles. The number of guanidine groups is 12. The fourth-order valence-corrected chi connectivity index (χ4v) is 18.1. The smallest absolute Gasteiger partial charge is 0.336 e. The van der Waals surface area contributed by atoms with Crippen LogP contribution in [0, 0.1) is 0 Å². The molecule has 1 fully saturated rings. The summed E-state index contributed by atoms with van der Waals surface area (Å²) in [6.45, 7) is 0. The largest absolute Gasteiger partial charge is 0.756 e. The molecule has 624 valence electrons. The Morgan fingerprint density at radius 3 is 0.186 bits per heavy atom. The van der Waals surface area contributed by atoms with Gasteiger partial charge in [0.2, 0.25) is 0 Å². The van der Waals surface area contributed by atoms with Crippen LogP contribution < -0.4 is 261 Å². The number of nitrogens with two attached hydrogens (primary N) is 36.